The van der Waals surface area contributed by atoms with Gasteiger partial charge in [0.15, 0.2) is 0 Å². The third-order valence-electron chi connectivity index (χ3n) is 4.67. The van der Waals surface area contributed by atoms with E-state index < -0.39 is 0 Å². The molecule has 33 heavy (non-hydrogen) atoms. The average molecular weight is 457 g/mol. The Hall–Kier alpha value is -3.88. The zero-order valence-electron chi connectivity index (χ0n) is 18.3. The second kappa shape index (κ2) is 10.6. The first-order valence-corrected chi connectivity index (χ1v) is 11.2. The fourth-order valence-corrected chi connectivity index (χ4v) is 3.84. The molecule has 1 heterocycles. The lowest BCUT2D eigenvalue weighted by atomic mass is 10.0. The van der Waals surface area contributed by atoms with E-state index in [0.717, 1.165) is 33.1 Å². The fourth-order valence-electron chi connectivity index (χ4n) is 3.27. The number of amides is 1. The molecule has 166 valence electrons. The van der Waals surface area contributed by atoms with Crippen LogP contribution in [0.5, 0.6) is 0 Å². The third-order valence-corrected chi connectivity index (χ3v) is 5.36. The van der Waals surface area contributed by atoms with E-state index in [2.05, 4.69) is 42.8 Å². The molecular formula is C25H24N6OS. The Morgan fingerprint density at radius 2 is 1.42 bits per heavy atom. The van der Waals surface area contributed by atoms with Gasteiger partial charge in [-0.15, -0.1) is 0 Å². The number of anilines is 5. The standard InChI is InChI=1S/C25H24N6OS/c1-17(32)29-20-11-9-18(10-12-20)19-5-3-6-21(13-19)30-24-15-25(28-16-27-24)31-22-7-4-8-23(14-22)33-26-2/h3-16,26H,1-2H3,(H,29,32)(H2,27,28,30,31). The van der Waals surface area contributed by atoms with Crippen LogP contribution in [-0.2, 0) is 4.79 Å². The Morgan fingerprint density at radius 1 is 0.758 bits per heavy atom. The van der Waals surface area contributed by atoms with Crippen molar-refractivity contribution in [1.29, 1.82) is 0 Å². The van der Waals surface area contributed by atoms with Gasteiger partial charge in [-0.25, -0.2) is 9.97 Å². The highest BCUT2D eigenvalue weighted by Gasteiger charge is 2.04. The third kappa shape index (κ3) is 6.31. The van der Waals surface area contributed by atoms with Crippen LogP contribution in [0.4, 0.5) is 28.7 Å². The molecule has 0 atom stereocenters. The molecule has 0 fully saturated rings. The topological polar surface area (TPSA) is 91.0 Å². The van der Waals surface area contributed by atoms with E-state index in [9.17, 15) is 4.79 Å². The first kappa shape index (κ1) is 22.3. The lowest BCUT2D eigenvalue weighted by Gasteiger charge is -2.11. The monoisotopic (exact) mass is 456 g/mol. The number of nitrogens with zero attached hydrogens (tertiary/aromatic N) is 2. The van der Waals surface area contributed by atoms with Gasteiger partial charge in [-0.3, -0.25) is 9.52 Å². The second-order valence-corrected chi connectivity index (χ2v) is 8.30. The van der Waals surface area contributed by atoms with Crippen molar-refractivity contribution in [3.05, 3.63) is 85.2 Å². The van der Waals surface area contributed by atoms with Gasteiger partial charge < -0.3 is 16.0 Å². The van der Waals surface area contributed by atoms with Crippen LogP contribution in [0.25, 0.3) is 11.1 Å². The summed E-state index contributed by atoms with van der Waals surface area (Å²) in [6.07, 6.45) is 1.53. The van der Waals surface area contributed by atoms with Crippen molar-refractivity contribution in [2.45, 2.75) is 11.8 Å². The lowest BCUT2D eigenvalue weighted by Crippen LogP contribution is -2.05. The first-order valence-electron chi connectivity index (χ1n) is 10.4. The summed E-state index contributed by atoms with van der Waals surface area (Å²) in [4.78, 5) is 21.0. The molecule has 7 nitrogen and oxygen atoms in total. The fraction of sp³-hybridized carbons (Fsp3) is 0.0800. The SMILES string of the molecule is CNSc1cccc(Nc2cc(Nc3cccc(-c4ccc(NC(C)=O)cc4)c3)ncn2)c1. The van der Waals surface area contributed by atoms with E-state index >= 15 is 0 Å². The van der Waals surface area contributed by atoms with Gasteiger partial charge in [-0.2, -0.15) is 0 Å². The zero-order valence-corrected chi connectivity index (χ0v) is 19.1. The van der Waals surface area contributed by atoms with Gasteiger partial charge in [0, 0.05) is 34.9 Å². The molecule has 0 aliphatic carbocycles. The van der Waals surface area contributed by atoms with Gasteiger partial charge in [0.2, 0.25) is 5.91 Å². The number of rotatable bonds is 8. The Bertz CT molecular complexity index is 1250. The average Bonchev–Trinajstić information content (AvgIpc) is 2.80. The Labute approximate surface area is 197 Å². The summed E-state index contributed by atoms with van der Waals surface area (Å²) in [7, 11) is 1.89. The van der Waals surface area contributed by atoms with Gasteiger partial charge in [-0.05, 0) is 72.6 Å². The van der Waals surface area contributed by atoms with E-state index in [1.54, 1.807) is 11.9 Å². The number of benzene rings is 3. The molecule has 0 saturated heterocycles. The summed E-state index contributed by atoms with van der Waals surface area (Å²) < 4.78 is 3.07. The van der Waals surface area contributed by atoms with E-state index in [4.69, 9.17) is 0 Å². The molecule has 4 rings (SSSR count). The van der Waals surface area contributed by atoms with Gasteiger partial charge in [0.1, 0.15) is 18.0 Å². The molecule has 0 aliphatic heterocycles. The highest BCUT2D eigenvalue weighted by molar-refractivity contribution is 7.97. The van der Waals surface area contributed by atoms with Crippen LogP contribution in [0.3, 0.4) is 0 Å². The minimum Gasteiger partial charge on any atom is -0.340 e. The van der Waals surface area contributed by atoms with Gasteiger partial charge in [0.25, 0.3) is 0 Å². The summed E-state index contributed by atoms with van der Waals surface area (Å²) in [6, 6.07) is 25.8. The molecule has 0 aliphatic rings. The van der Waals surface area contributed by atoms with E-state index in [1.165, 1.54) is 13.3 Å². The van der Waals surface area contributed by atoms with Gasteiger partial charge in [0.05, 0.1) is 0 Å². The quantitative estimate of drug-likeness (QED) is 0.249. The molecule has 0 saturated carbocycles. The maximum atomic E-state index is 11.2. The van der Waals surface area contributed by atoms with Crippen LogP contribution in [-0.4, -0.2) is 22.9 Å². The summed E-state index contributed by atoms with van der Waals surface area (Å²) >= 11 is 1.55. The largest absolute Gasteiger partial charge is 0.340 e. The van der Waals surface area contributed by atoms with E-state index in [1.807, 2.05) is 73.8 Å². The minimum absolute atomic E-state index is 0.0859. The van der Waals surface area contributed by atoms with Crippen molar-refractivity contribution in [2.75, 3.05) is 23.0 Å². The molecule has 0 radical (unpaired) electrons. The Balaban J connectivity index is 1.47. The lowest BCUT2D eigenvalue weighted by molar-refractivity contribution is -0.114. The van der Waals surface area contributed by atoms with Crippen molar-refractivity contribution < 1.29 is 4.79 Å². The molecule has 0 unspecified atom stereocenters. The molecule has 4 N–H and O–H groups in total. The number of carbonyl (C=O) groups is 1. The molecular weight excluding hydrogens is 432 g/mol. The summed E-state index contributed by atoms with van der Waals surface area (Å²) in [5.74, 6) is 1.30. The summed E-state index contributed by atoms with van der Waals surface area (Å²) in [5, 5.41) is 9.45. The van der Waals surface area contributed by atoms with Crippen molar-refractivity contribution in [2.24, 2.45) is 0 Å². The zero-order chi connectivity index (χ0) is 23.0. The van der Waals surface area contributed by atoms with Crippen molar-refractivity contribution in [3.8, 4) is 11.1 Å². The molecule has 0 spiro atoms. The maximum absolute atomic E-state index is 11.2. The number of hydrogen-bond donors (Lipinski definition) is 4. The van der Waals surface area contributed by atoms with E-state index in [0.29, 0.717) is 11.6 Å². The highest BCUT2D eigenvalue weighted by atomic mass is 32.2. The normalized spacial score (nSPS) is 10.5. The second-order valence-electron chi connectivity index (χ2n) is 7.21. The molecule has 3 aromatic carbocycles. The van der Waals surface area contributed by atoms with Crippen LogP contribution in [0.15, 0.2) is 90.1 Å². The van der Waals surface area contributed by atoms with Crippen molar-refractivity contribution >= 4 is 46.6 Å². The molecule has 4 aromatic rings. The van der Waals surface area contributed by atoms with Crippen molar-refractivity contribution in [3.63, 3.8) is 0 Å². The smallest absolute Gasteiger partial charge is 0.221 e. The Kier molecular flexibility index (Phi) is 7.19. The van der Waals surface area contributed by atoms with Crippen LogP contribution < -0.4 is 20.7 Å². The van der Waals surface area contributed by atoms with E-state index in [-0.39, 0.29) is 5.91 Å². The molecule has 8 heteroatoms. The Morgan fingerprint density at radius 3 is 2.09 bits per heavy atom. The predicted molar refractivity (Wildman–Crippen MR) is 136 cm³/mol. The number of aromatic nitrogens is 2. The number of carbonyl (C=O) groups excluding carboxylic acids is 1. The van der Waals surface area contributed by atoms with Gasteiger partial charge >= 0.3 is 0 Å². The summed E-state index contributed by atoms with van der Waals surface area (Å²) in [6.45, 7) is 1.50. The van der Waals surface area contributed by atoms with Crippen LogP contribution >= 0.6 is 11.9 Å². The molecule has 1 amide bonds. The number of hydrogen-bond acceptors (Lipinski definition) is 7. The van der Waals surface area contributed by atoms with Crippen LogP contribution in [0, 0.1) is 0 Å². The first-order chi connectivity index (χ1) is 16.1. The number of nitrogens with one attached hydrogen (secondary N) is 4. The van der Waals surface area contributed by atoms with Gasteiger partial charge in [-0.1, -0.05) is 30.3 Å². The molecule has 1 aromatic heterocycles. The van der Waals surface area contributed by atoms with Crippen LogP contribution in [0.2, 0.25) is 0 Å². The van der Waals surface area contributed by atoms with Crippen LogP contribution in [0.1, 0.15) is 6.92 Å². The predicted octanol–water partition coefficient (Wildman–Crippen LogP) is 5.82. The summed E-state index contributed by atoms with van der Waals surface area (Å²) in [5.41, 5.74) is 4.74. The molecule has 0 bridgehead atoms. The minimum atomic E-state index is -0.0859. The highest BCUT2D eigenvalue weighted by Crippen LogP contribution is 2.27. The van der Waals surface area contributed by atoms with Crippen molar-refractivity contribution in [1.82, 2.24) is 14.7 Å². The maximum Gasteiger partial charge on any atom is 0.221 e.